The predicted molar refractivity (Wildman–Crippen MR) is 99.2 cm³/mol. The van der Waals surface area contributed by atoms with E-state index in [1.54, 1.807) is 17.4 Å². The largest absolute Gasteiger partial charge is 0.482 e. The summed E-state index contributed by atoms with van der Waals surface area (Å²) >= 11 is 1.57. The lowest BCUT2D eigenvalue weighted by Gasteiger charge is -2.05. The van der Waals surface area contributed by atoms with Gasteiger partial charge in [-0.05, 0) is 24.3 Å². The molecule has 26 heavy (non-hydrogen) atoms. The molecule has 0 aliphatic rings. The maximum Gasteiger partial charge on any atom is 0.343 e. The smallest absolute Gasteiger partial charge is 0.343 e. The first kappa shape index (κ1) is 16.3. The molecule has 0 bridgehead atoms. The van der Waals surface area contributed by atoms with Gasteiger partial charge in [-0.25, -0.2) is 14.3 Å². The maximum atomic E-state index is 11.2. The zero-order valence-corrected chi connectivity index (χ0v) is 14.8. The quantitative estimate of drug-likeness (QED) is 0.505. The Bertz CT molecular complexity index is 1070. The molecule has 4 rings (SSSR count). The van der Waals surface area contributed by atoms with Crippen LogP contribution in [0.2, 0.25) is 0 Å². The van der Waals surface area contributed by atoms with Crippen LogP contribution < -0.4 is 4.74 Å². The van der Waals surface area contributed by atoms with E-state index < -0.39 is 5.97 Å². The van der Waals surface area contributed by atoms with Gasteiger partial charge in [-0.1, -0.05) is 18.2 Å². The molecule has 0 spiro atoms. The third kappa shape index (κ3) is 3.16. The molecule has 0 N–H and O–H groups in total. The van der Waals surface area contributed by atoms with Crippen LogP contribution in [0.15, 0.2) is 60.2 Å². The molecular formula is C19H15N3O3S. The van der Waals surface area contributed by atoms with Gasteiger partial charge in [0.25, 0.3) is 0 Å². The molecule has 4 aromatic rings. The van der Waals surface area contributed by atoms with Crippen LogP contribution in [0.25, 0.3) is 27.3 Å². The monoisotopic (exact) mass is 365 g/mol. The number of benzene rings is 1. The van der Waals surface area contributed by atoms with E-state index in [2.05, 4.69) is 9.84 Å². The third-order valence-electron chi connectivity index (χ3n) is 3.88. The number of rotatable bonds is 5. The summed E-state index contributed by atoms with van der Waals surface area (Å²) in [5, 5.41) is 7.27. The molecule has 0 radical (unpaired) electrons. The van der Waals surface area contributed by atoms with Crippen molar-refractivity contribution in [1.82, 2.24) is 14.6 Å². The lowest BCUT2D eigenvalue weighted by molar-refractivity contribution is -0.142. The highest BCUT2D eigenvalue weighted by atomic mass is 32.1. The highest BCUT2D eigenvalue weighted by Gasteiger charge is 2.12. The fraction of sp³-hybridized carbons (Fsp3) is 0.105. The normalized spacial score (nSPS) is 10.8. The minimum atomic E-state index is -0.417. The summed E-state index contributed by atoms with van der Waals surface area (Å²) in [4.78, 5) is 16.0. The number of thiazole rings is 1. The Labute approximate surface area is 153 Å². The van der Waals surface area contributed by atoms with Gasteiger partial charge in [0, 0.05) is 17.1 Å². The first-order valence-corrected chi connectivity index (χ1v) is 8.81. The van der Waals surface area contributed by atoms with Crippen molar-refractivity contribution < 1.29 is 14.3 Å². The van der Waals surface area contributed by atoms with Crippen molar-refractivity contribution in [3.8, 4) is 27.6 Å². The summed E-state index contributed by atoms with van der Waals surface area (Å²) in [6, 6.07) is 13.4. The number of esters is 1. The molecule has 0 amide bonds. The Morgan fingerprint density at radius 3 is 3.04 bits per heavy atom. The van der Waals surface area contributed by atoms with Crippen molar-refractivity contribution in [3.63, 3.8) is 0 Å². The van der Waals surface area contributed by atoms with E-state index in [1.165, 1.54) is 7.11 Å². The van der Waals surface area contributed by atoms with Crippen LogP contribution >= 0.6 is 11.3 Å². The van der Waals surface area contributed by atoms with Crippen LogP contribution in [-0.4, -0.2) is 34.3 Å². The highest BCUT2D eigenvalue weighted by molar-refractivity contribution is 7.13. The second-order valence-corrected chi connectivity index (χ2v) is 6.38. The van der Waals surface area contributed by atoms with E-state index in [1.807, 2.05) is 58.7 Å². The Morgan fingerprint density at radius 1 is 1.23 bits per heavy atom. The van der Waals surface area contributed by atoms with E-state index in [0.29, 0.717) is 5.75 Å². The van der Waals surface area contributed by atoms with Crippen LogP contribution in [0.4, 0.5) is 0 Å². The predicted octanol–water partition coefficient (Wildman–Crippen LogP) is 3.68. The zero-order chi connectivity index (χ0) is 17.9. The molecule has 0 unspecified atom stereocenters. The highest BCUT2D eigenvalue weighted by Crippen LogP contribution is 2.32. The molecule has 3 heterocycles. The second-order valence-electron chi connectivity index (χ2n) is 5.52. The van der Waals surface area contributed by atoms with E-state index in [-0.39, 0.29) is 6.61 Å². The number of hydrogen-bond acceptors (Lipinski definition) is 6. The van der Waals surface area contributed by atoms with Crippen LogP contribution in [0.3, 0.4) is 0 Å². The van der Waals surface area contributed by atoms with Gasteiger partial charge in [-0.15, -0.1) is 11.3 Å². The van der Waals surface area contributed by atoms with Gasteiger partial charge in [0.15, 0.2) is 6.61 Å². The van der Waals surface area contributed by atoms with Crippen molar-refractivity contribution in [2.75, 3.05) is 13.7 Å². The van der Waals surface area contributed by atoms with Crippen molar-refractivity contribution in [1.29, 1.82) is 0 Å². The van der Waals surface area contributed by atoms with Crippen LogP contribution in [0.1, 0.15) is 0 Å². The number of hydrogen-bond donors (Lipinski definition) is 0. The molecule has 1 aromatic carbocycles. The van der Waals surface area contributed by atoms with Crippen LogP contribution in [-0.2, 0) is 9.53 Å². The van der Waals surface area contributed by atoms with Crippen molar-refractivity contribution in [2.24, 2.45) is 0 Å². The molecule has 3 aromatic heterocycles. The number of carbonyl (C=O) groups excluding carboxylic acids is 1. The summed E-state index contributed by atoms with van der Waals surface area (Å²) in [5.74, 6) is 0.179. The number of fused-ring (bicyclic) bond motifs is 1. The Balaban J connectivity index is 1.61. The standard InChI is InChI=1S/C19H15N3O3S/c1-24-18(23)11-25-14-6-4-5-13(9-14)16-12-26-19(21-16)15-10-20-22-8-3-2-7-17(15)22/h2-10,12H,11H2,1H3. The average Bonchev–Trinajstić information content (AvgIpc) is 3.33. The molecule has 0 aliphatic carbocycles. The Kier molecular flexibility index (Phi) is 4.37. The summed E-state index contributed by atoms with van der Waals surface area (Å²) in [7, 11) is 1.33. The summed E-state index contributed by atoms with van der Waals surface area (Å²) in [6.07, 6.45) is 3.74. The second kappa shape index (κ2) is 6.97. The van der Waals surface area contributed by atoms with Gasteiger partial charge in [0.1, 0.15) is 10.8 Å². The van der Waals surface area contributed by atoms with Crippen molar-refractivity contribution >= 4 is 22.8 Å². The number of pyridine rings is 1. The molecule has 6 nitrogen and oxygen atoms in total. The topological polar surface area (TPSA) is 65.7 Å². The summed E-state index contributed by atoms with van der Waals surface area (Å²) in [5.41, 5.74) is 3.79. The van der Waals surface area contributed by atoms with E-state index in [4.69, 9.17) is 9.72 Å². The number of ether oxygens (including phenoxy) is 2. The molecule has 130 valence electrons. The fourth-order valence-electron chi connectivity index (χ4n) is 2.58. The fourth-order valence-corrected chi connectivity index (χ4v) is 3.42. The number of carbonyl (C=O) groups is 1. The lowest BCUT2D eigenvalue weighted by atomic mass is 10.1. The van der Waals surface area contributed by atoms with E-state index >= 15 is 0 Å². The summed E-state index contributed by atoms with van der Waals surface area (Å²) < 4.78 is 11.9. The molecule has 0 atom stereocenters. The van der Waals surface area contributed by atoms with Crippen molar-refractivity contribution in [3.05, 3.63) is 60.2 Å². The number of nitrogens with zero attached hydrogens (tertiary/aromatic N) is 3. The zero-order valence-electron chi connectivity index (χ0n) is 14.0. The van der Waals surface area contributed by atoms with Crippen LogP contribution in [0.5, 0.6) is 5.75 Å². The molecule has 7 heteroatoms. The SMILES string of the molecule is COC(=O)COc1cccc(-c2csc(-c3cnn4ccccc34)n2)c1. The molecule has 0 fully saturated rings. The third-order valence-corrected chi connectivity index (χ3v) is 4.75. The first-order valence-electron chi connectivity index (χ1n) is 7.93. The van der Waals surface area contributed by atoms with Gasteiger partial charge >= 0.3 is 5.97 Å². The van der Waals surface area contributed by atoms with Gasteiger partial charge in [-0.2, -0.15) is 5.10 Å². The van der Waals surface area contributed by atoms with E-state index in [0.717, 1.165) is 27.3 Å². The van der Waals surface area contributed by atoms with Crippen LogP contribution in [0, 0.1) is 0 Å². The molecular weight excluding hydrogens is 350 g/mol. The van der Waals surface area contributed by atoms with Crippen molar-refractivity contribution in [2.45, 2.75) is 0 Å². The lowest BCUT2D eigenvalue weighted by Crippen LogP contribution is -2.12. The van der Waals surface area contributed by atoms with E-state index in [9.17, 15) is 4.79 Å². The molecule has 0 aliphatic heterocycles. The molecule has 0 saturated heterocycles. The summed E-state index contributed by atoms with van der Waals surface area (Å²) in [6.45, 7) is -0.120. The first-order chi connectivity index (χ1) is 12.7. The minimum absolute atomic E-state index is 0.120. The van der Waals surface area contributed by atoms with Gasteiger partial charge in [0.2, 0.25) is 0 Å². The minimum Gasteiger partial charge on any atom is -0.482 e. The molecule has 0 saturated carbocycles. The van der Waals surface area contributed by atoms with Gasteiger partial charge < -0.3 is 9.47 Å². The number of aromatic nitrogens is 3. The number of methoxy groups -OCH3 is 1. The van der Waals surface area contributed by atoms with Gasteiger partial charge in [0.05, 0.1) is 30.1 Å². The Hall–Kier alpha value is -3.19. The Morgan fingerprint density at radius 2 is 2.15 bits per heavy atom. The van der Waals surface area contributed by atoms with Gasteiger partial charge in [-0.3, -0.25) is 0 Å². The average molecular weight is 365 g/mol. The maximum absolute atomic E-state index is 11.2.